The molecular weight excluding hydrogens is 346 g/mol. The predicted octanol–water partition coefficient (Wildman–Crippen LogP) is 3.25. The van der Waals surface area contributed by atoms with Gasteiger partial charge in [-0.2, -0.15) is 0 Å². The molecule has 1 aromatic rings. The molecule has 0 fully saturated rings. The molecule has 0 heterocycles. The molecule has 0 atom stereocenters. The lowest BCUT2D eigenvalue weighted by atomic mass is 10.1. The van der Waals surface area contributed by atoms with Crippen molar-refractivity contribution in [3.05, 3.63) is 35.9 Å². The van der Waals surface area contributed by atoms with Crippen molar-refractivity contribution in [1.29, 1.82) is 0 Å². The summed E-state index contributed by atoms with van der Waals surface area (Å²) in [5, 5.41) is 0. The number of amides is 1. The standard InChI is InChI=1S/C21H31NO5/c1-4-26-21(25)13-15-22(14-8-16-27-17(2)3)20(24)12-11-19(23)18-9-6-5-7-10-18/h5-7,9-10,17H,4,8,11-16H2,1-3H3. The molecule has 0 saturated carbocycles. The molecule has 0 saturated heterocycles. The molecule has 0 radical (unpaired) electrons. The normalized spacial score (nSPS) is 10.7. The third kappa shape index (κ3) is 9.89. The van der Waals surface area contributed by atoms with E-state index in [0.717, 1.165) is 0 Å². The zero-order valence-electron chi connectivity index (χ0n) is 16.6. The summed E-state index contributed by atoms with van der Waals surface area (Å²) >= 11 is 0. The predicted molar refractivity (Wildman–Crippen MR) is 104 cm³/mol. The Morgan fingerprint density at radius 3 is 2.33 bits per heavy atom. The van der Waals surface area contributed by atoms with E-state index in [1.807, 2.05) is 19.9 Å². The second-order valence-corrected chi connectivity index (χ2v) is 6.50. The third-order valence-electron chi connectivity index (χ3n) is 3.93. The van der Waals surface area contributed by atoms with Gasteiger partial charge in [0, 0.05) is 38.1 Å². The largest absolute Gasteiger partial charge is 0.466 e. The summed E-state index contributed by atoms with van der Waals surface area (Å²) in [4.78, 5) is 38.0. The number of hydrogen-bond donors (Lipinski definition) is 0. The van der Waals surface area contributed by atoms with Crippen LogP contribution < -0.4 is 0 Å². The zero-order chi connectivity index (χ0) is 20.1. The molecule has 0 spiro atoms. The number of rotatable bonds is 13. The van der Waals surface area contributed by atoms with Crippen molar-refractivity contribution in [2.24, 2.45) is 0 Å². The second kappa shape index (κ2) is 13.0. The van der Waals surface area contributed by atoms with E-state index in [2.05, 4.69) is 0 Å². The molecule has 0 bridgehead atoms. The van der Waals surface area contributed by atoms with Gasteiger partial charge in [0.1, 0.15) is 0 Å². The Morgan fingerprint density at radius 1 is 1.00 bits per heavy atom. The number of ketones is 1. The fourth-order valence-electron chi connectivity index (χ4n) is 2.54. The Balaban J connectivity index is 2.53. The van der Waals surface area contributed by atoms with Gasteiger partial charge in [0.2, 0.25) is 5.91 Å². The zero-order valence-corrected chi connectivity index (χ0v) is 16.6. The van der Waals surface area contributed by atoms with Crippen molar-refractivity contribution in [3.63, 3.8) is 0 Å². The smallest absolute Gasteiger partial charge is 0.307 e. The molecule has 1 amide bonds. The van der Waals surface area contributed by atoms with Gasteiger partial charge >= 0.3 is 5.97 Å². The van der Waals surface area contributed by atoms with Crippen LogP contribution in [0.4, 0.5) is 0 Å². The molecule has 6 heteroatoms. The minimum absolute atomic E-state index is 0.0579. The molecule has 0 aromatic heterocycles. The summed E-state index contributed by atoms with van der Waals surface area (Å²) in [6.45, 7) is 7.31. The van der Waals surface area contributed by atoms with E-state index in [-0.39, 0.29) is 43.0 Å². The molecule has 1 rings (SSSR count). The highest BCUT2D eigenvalue weighted by atomic mass is 16.5. The first-order valence-electron chi connectivity index (χ1n) is 9.57. The van der Waals surface area contributed by atoms with Gasteiger partial charge in [-0.05, 0) is 27.2 Å². The van der Waals surface area contributed by atoms with Crippen LogP contribution in [0.3, 0.4) is 0 Å². The van der Waals surface area contributed by atoms with Crippen molar-refractivity contribution < 1.29 is 23.9 Å². The van der Waals surface area contributed by atoms with Gasteiger partial charge in [-0.1, -0.05) is 30.3 Å². The Labute approximate surface area is 161 Å². The number of hydrogen-bond acceptors (Lipinski definition) is 5. The van der Waals surface area contributed by atoms with Crippen LogP contribution in [0.25, 0.3) is 0 Å². The second-order valence-electron chi connectivity index (χ2n) is 6.50. The number of carbonyl (C=O) groups excluding carboxylic acids is 3. The van der Waals surface area contributed by atoms with E-state index in [1.54, 1.807) is 36.1 Å². The quantitative estimate of drug-likeness (QED) is 0.300. The van der Waals surface area contributed by atoms with Crippen LogP contribution in [-0.4, -0.2) is 55.0 Å². The molecule has 0 aliphatic carbocycles. The minimum Gasteiger partial charge on any atom is -0.466 e. The minimum atomic E-state index is -0.325. The first-order valence-corrected chi connectivity index (χ1v) is 9.57. The maximum Gasteiger partial charge on any atom is 0.307 e. The van der Waals surface area contributed by atoms with Crippen molar-refractivity contribution >= 4 is 17.7 Å². The molecule has 0 aliphatic heterocycles. The highest BCUT2D eigenvalue weighted by molar-refractivity contribution is 5.97. The summed E-state index contributed by atoms with van der Waals surface area (Å²) in [7, 11) is 0. The third-order valence-corrected chi connectivity index (χ3v) is 3.93. The van der Waals surface area contributed by atoms with E-state index in [1.165, 1.54) is 0 Å². The molecule has 27 heavy (non-hydrogen) atoms. The Kier molecular flexibility index (Phi) is 11.0. The molecule has 1 aromatic carbocycles. The number of ether oxygens (including phenoxy) is 2. The number of esters is 1. The van der Waals surface area contributed by atoms with Gasteiger partial charge in [0.15, 0.2) is 5.78 Å². The maximum absolute atomic E-state index is 12.6. The SMILES string of the molecule is CCOC(=O)CCN(CCCOC(C)C)C(=O)CCC(=O)c1ccccc1. The van der Waals surface area contributed by atoms with E-state index < -0.39 is 0 Å². The van der Waals surface area contributed by atoms with Crippen molar-refractivity contribution in [2.75, 3.05) is 26.3 Å². The molecule has 0 unspecified atom stereocenters. The first kappa shape index (κ1) is 22.8. The Bertz CT molecular complexity index is 585. The van der Waals surface area contributed by atoms with E-state index in [0.29, 0.717) is 38.3 Å². The summed E-state index contributed by atoms with van der Waals surface area (Å²) in [6, 6.07) is 8.94. The lowest BCUT2D eigenvalue weighted by molar-refractivity contribution is -0.144. The van der Waals surface area contributed by atoms with E-state index >= 15 is 0 Å². The Morgan fingerprint density at radius 2 is 1.70 bits per heavy atom. The van der Waals surface area contributed by atoms with Gasteiger partial charge in [-0.25, -0.2) is 0 Å². The fourth-order valence-corrected chi connectivity index (χ4v) is 2.54. The summed E-state index contributed by atoms with van der Waals surface area (Å²) in [5.74, 6) is -0.514. The Hall–Kier alpha value is -2.21. The summed E-state index contributed by atoms with van der Waals surface area (Å²) < 4.78 is 10.4. The fraction of sp³-hybridized carbons (Fsp3) is 0.571. The molecule has 0 aliphatic rings. The van der Waals surface area contributed by atoms with Gasteiger partial charge in [-0.15, -0.1) is 0 Å². The van der Waals surface area contributed by atoms with Crippen LogP contribution in [0.15, 0.2) is 30.3 Å². The maximum atomic E-state index is 12.6. The molecular formula is C21H31NO5. The average molecular weight is 377 g/mol. The molecule has 150 valence electrons. The summed E-state index contributed by atoms with van der Waals surface area (Å²) in [6.07, 6.45) is 1.25. The van der Waals surface area contributed by atoms with E-state index in [4.69, 9.17) is 9.47 Å². The van der Waals surface area contributed by atoms with Crippen LogP contribution in [0.2, 0.25) is 0 Å². The lowest BCUT2D eigenvalue weighted by Crippen LogP contribution is -2.35. The first-order chi connectivity index (χ1) is 12.9. The van der Waals surface area contributed by atoms with Crippen LogP contribution in [0.1, 0.15) is 56.8 Å². The number of nitrogens with zero attached hydrogens (tertiary/aromatic N) is 1. The number of benzene rings is 1. The van der Waals surface area contributed by atoms with Crippen LogP contribution in [-0.2, 0) is 19.1 Å². The highest BCUT2D eigenvalue weighted by Gasteiger charge is 2.17. The lowest BCUT2D eigenvalue weighted by Gasteiger charge is -2.22. The van der Waals surface area contributed by atoms with Crippen molar-refractivity contribution in [1.82, 2.24) is 4.90 Å². The van der Waals surface area contributed by atoms with Crippen LogP contribution in [0.5, 0.6) is 0 Å². The van der Waals surface area contributed by atoms with Gasteiger partial charge < -0.3 is 14.4 Å². The molecule has 6 nitrogen and oxygen atoms in total. The molecule has 0 N–H and O–H groups in total. The highest BCUT2D eigenvalue weighted by Crippen LogP contribution is 2.08. The topological polar surface area (TPSA) is 72.9 Å². The van der Waals surface area contributed by atoms with Gasteiger partial charge in [0.05, 0.1) is 19.1 Å². The van der Waals surface area contributed by atoms with Crippen LogP contribution >= 0.6 is 0 Å². The average Bonchev–Trinajstić information content (AvgIpc) is 2.65. The van der Waals surface area contributed by atoms with Crippen molar-refractivity contribution in [3.8, 4) is 0 Å². The monoisotopic (exact) mass is 377 g/mol. The van der Waals surface area contributed by atoms with E-state index in [9.17, 15) is 14.4 Å². The van der Waals surface area contributed by atoms with Gasteiger partial charge in [0.25, 0.3) is 0 Å². The summed E-state index contributed by atoms with van der Waals surface area (Å²) in [5.41, 5.74) is 0.605. The van der Waals surface area contributed by atoms with Crippen LogP contribution in [0, 0.1) is 0 Å². The van der Waals surface area contributed by atoms with Gasteiger partial charge in [-0.3, -0.25) is 14.4 Å². The number of carbonyl (C=O) groups is 3. The van der Waals surface area contributed by atoms with Crippen molar-refractivity contribution in [2.45, 2.75) is 52.6 Å². The number of Topliss-reactive ketones (excluding diaryl/α,β-unsaturated/α-hetero) is 1.